The highest BCUT2D eigenvalue weighted by Crippen LogP contribution is 2.37. The second-order valence-corrected chi connectivity index (χ2v) is 8.05. The summed E-state index contributed by atoms with van der Waals surface area (Å²) in [5, 5.41) is 10.6. The second-order valence-electron chi connectivity index (χ2n) is 6.29. The summed E-state index contributed by atoms with van der Waals surface area (Å²) < 4.78 is 0.999. The number of hydrogen-bond donors (Lipinski definition) is 1. The van der Waals surface area contributed by atoms with Gasteiger partial charge in [-0.2, -0.15) is 0 Å². The molecule has 0 radical (unpaired) electrons. The third kappa shape index (κ3) is 4.37. The maximum atomic E-state index is 11.5. The molecule has 2 unspecified atom stereocenters. The van der Waals surface area contributed by atoms with Gasteiger partial charge in [0.15, 0.2) is 0 Å². The average molecular weight is 443 g/mol. The fourth-order valence-corrected chi connectivity index (χ4v) is 4.17. The van der Waals surface area contributed by atoms with Gasteiger partial charge in [-0.05, 0) is 54.8 Å². The molecule has 0 amide bonds. The van der Waals surface area contributed by atoms with E-state index in [9.17, 15) is 9.90 Å². The molecule has 0 aliphatic carbocycles. The molecule has 132 valence electrons. The van der Waals surface area contributed by atoms with Gasteiger partial charge in [-0.1, -0.05) is 57.3 Å². The fraction of sp³-hybridized carbons (Fsp3) is 0.316. The molecule has 2 atom stereocenters. The number of likely N-dealkylation sites (tertiary alicyclic amines) is 1. The van der Waals surface area contributed by atoms with E-state index in [2.05, 4.69) is 20.8 Å². The summed E-state index contributed by atoms with van der Waals surface area (Å²) in [7, 11) is 0. The Kier molecular flexibility index (Phi) is 6.05. The van der Waals surface area contributed by atoms with Crippen LogP contribution in [-0.2, 0) is 4.79 Å². The number of hydrogen-bond acceptors (Lipinski definition) is 2. The van der Waals surface area contributed by atoms with E-state index in [1.165, 1.54) is 0 Å². The van der Waals surface area contributed by atoms with Gasteiger partial charge in [0.25, 0.3) is 0 Å². The van der Waals surface area contributed by atoms with E-state index in [0.29, 0.717) is 23.0 Å². The molecule has 1 fully saturated rings. The van der Waals surface area contributed by atoms with E-state index >= 15 is 0 Å². The predicted octanol–water partition coefficient (Wildman–Crippen LogP) is 5.64. The van der Waals surface area contributed by atoms with E-state index < -0.39 is 5.97 Å². The maximum Gasteiger partial charge on any atom is 0.307 e. The van der Waals surface area contributed by atoms with Crippen molar-refractivity contribution in [1.82, 2.24) is 4.90 Å². The number of aliphatic carboxylic acids is 1. The van der Waals surface area contributed by atoms with Crippen LogP contribution in [0, 0.1) is 5.92 Å². The Bertz CT molecular complexity index is 767. The molecule has 0 spiro atoms. The smallest absolute Gasteiger partial charge is 0.307 e. The first kappa shape index (κ1) is 18.7. The summed E-state index contributed by atoms with van der Waals surface area (Å²) in [6, 6.07) is 13.5. The Balaban J connectivity index is 2.02. The molecule has 0 aromatic heterocycles. The SMILES string of the molecule is O=C(O)C1CCCN(C(c2ccc(Br)cc2)c2ccc(Cl)cc2Cl)C1. The number of nitrogens with zero attached hydrogens (tertiary/aromatic N) is 1. The number of halogens is 3. The van der Waals surface area contributed by atoms with E-state index in [0.717, 1.165) is 28.6 Å². The van der Waals surface area contributed by atoms with Crippen LogP contribution in [-0.4, -0.2) is 29.1 Å². The van der Waals surface area contributed by atoms with Crippen molar-refractivity contribution in [3.8, 4) is 0 Å². The molecular formula is C19H18BrCl2NO2. The number of carboxylic acid groups (broad SMARTS) is 1. The van der Waals surface area contributed by atoms with Crippen LogP contribution in [0.2, 0.25) is 10.0 Å². The van der Waals surface area contributed by atoms with E-state index in [4.69, 9.17) is 23.2 Å². The minimum Gasteiger partial charge on any atom is -0.481 e. The van der Waals surface area contributed by atoms with Crippen molar-refractivity contribution in [2.24, 2.45) is 5.92 Å². The zero-order chi connectivity index (χ0) is 18.0. The van der Waals surface area contributed by atoms with Crippen molar-refractivity contribution in [2.75, 3.05) is 13.1 Å². The first-order valence-corrected chi connectivity index (χ1v) is 9.68. The predicted molar refractivity (Wildman–Crippen MR) is 104 cm³/mol. The Morgan fingerprint density at radius 3 is 2.56 bits per heavy atom. The van der Waals surface area contributed by atoms with Gasteiger partial charge in [-0.25, -0.2) is 0 Å². The van der Waals surface area contributed by atoms with Gasteiger partial charge in [-0.15, -0.1) is 0 Å². The summed E-state index contributed by atoms with van der Waals surface area (Å²) in [5.74, 6) is -1.08. The van der Waals surface area contributed by atoms with Crippen LogP contribution in [0.3, 0.4) is 0 Å². The summed E-state index contributed by atoms with van der Waals surface area (Å²) in [6.07, 6.45) is 1.57. The first-order chi connectivity index (χ1) is 12.0. The van der Waals surface area contributed by atoms with Crippen molar-refractivity contribution in [2.45, 2.75) is 18.9 Å². The standard InChI is InChI=1S/C19H18BrCl2NO2/c20-14-5-3-12(4-6-14)18(16-8-7-15(21)10-17(16)22)23-9-1-2-13(11-23)19(24)25/h3-8,10,13,18H,1-2,9,11H2,(H,24,25). The molecule has 0 saturated carbocycles. The average Bonchev–Trinajstić information content (AvgIpc) is 2.59. The summed E-state index contributed by atoms with van der Waals surface area (Å²) in [6.45, 7) is 1.35. The van der Waals surface area contributed by atoms with Gasteiger partial charge in [0, 0.05) is 21.1 Å². The molecule has 25 heavy (non-hydrogen) atoms. The fourth-order valence-electron chi connectivity index (χ4n) is 3.40. The highest BCUT2D eigenvalue weighted by atomic mass is 79.9. The third-order valence-electron chi connectivity index (χ3n) is 4.61. The van der Waals surface area contributed by atoms with Crippen molar-refractivity contribution in [3.05, 3.63) is 68.1 Å². The van der Waals surface area contributed by atoms with Gasteiger partial charge >= 0.3 is 5.97 Å². The molecule has 3 rings (SSSR count). The molecule has 1 N–H and O–H groups in total. The van der Waals surface area contributed by atoms with Crippen LogP contribution in [0.5, 0.6) is 0 Å². The Hall–Kier alpha value is -1.07. The molecule has 1 saturated heterocycles. The Morgan fingerprint density at radius 2 is 1.92 bits per heavy atom. The minimum absolute atomic E-state index is 0.0972. The number of rotatable bonds is 4. The zero-order valence-corrected chi connectivity index (χ0v) is 16.6. The van der Waals surface area contributed by atoms with Gasteiger partial charge in [0.1, 0.15) is 0 Å². The van der Waals surface area contributed by atoms with Crippen LogP contribution in [0.4, 0.5) is 0 Å². The zero-order valence-electron chi connectivity index (χ0n) is 13.5. The van der Waals surface area contributed by atoms with E-state index in [1.54, 1.807) is 6.07 Å². The van der Waals surface area contributed by atoms with Gasteiger partial charge in [0.05, 0.1) is 12.0 Å². The molecule has 1 heterocycles. The monoisotopic (exact) mass is 441 g/mol. The van der Waals surface area contributed by atoms with Crippen molar-refractivity contribution >= 4 is 45.1 Å². The van der Waals surface area contributed by atoms with E-state index in [-0.39, 0.29) is 12.0 Å². The van der Waals surface area contributed by atoms with Crippen LogP contribution in [0.1, 0.15) is 30.0 Å². The van der Waals surface area contributed by atoms with Crippen LogP contribution in [0.25, 0.3) is 0 Å². The lowest BCUT2D eigenvalue weighted by Crippen LogP contribution is -2.41. The minimum atomic E-state index is -0.735. The van der Waals surface area contributed by atoms with Gasteiger partial charge in [0.2, 0.25) is 0 Å². The lowest BCUT2D eigenvalue weighted by molar-refractivity contribution is -0.143. The van der Waals surface area contributed by atoms with Gasteiger partial charge < -0.3 is 5.11 Å². The highest BCUT2D eigenvalue weighted by molar-refractivity contribution is 9.10. The summed E-state index contributed by atoms with van der Waals surface area (Å²) in [5.41, 5.74) is 2.03. The number of carbonyl (C=O) groups is 1. The number of carboxylic acids is 1. The summed E-state index contributed by atoms with van der Waals surface area (Å²) >= 11 is 16.0. The quantitative estimate of drug-likeness (QED) is 0.665. The van der Waals surface area contributed by atoms with Crippen LogP contribution >= 0.6 is 39.1 Å². The molecule has 6 heteroatoms. The molecule has 2 aromatic carbocycles. The third-order valence-corrected chi connectivity index (χ3v) is 5.70. The largest absolute Gasteiger partial charge is 0.481 e. The van der Waals surface area contributed by atoms with Crippen molar-refractivity contribution in [3.63, 3.8) is 0 Å². The topological polar surface area (TPSA) is 40.5 Å². The first-order valence-electron chi connectivity index (χ1n) is 8.13. The normalized spacial score (nSPS) is 19.6. The number of piperidine rings is 1. The molecule has 3 nitrogen and oxygen atoms in total. The van der Waals surface area contributed by atoms with Crippen LogP contribution < -0.4 is 0 Å². The van der Waals surface area contributed by atoms with Crippen molar-refractivity contribution in [1.29, 1.82) is 0 Å². The van der Waals surface area contributed by atoms with Gasteiger partial charge in [-0.3, -0.25) is 9.69 Å². The Morgan fingerprint density at radius 1 is 1.20 bits per heavy atom. The molecular weight excluding hydrogens is 425 g/mol. The molecule has 0 bridgehead atoms. The highest BCUT2D eigenvalue weighted by Gasteiger charge is 2.32. The summed E-state index contributed by atoms with van der Waals surface area (Å²) in [4.78, 5) is 13.7. The molecule has 1 aliphatic rings. The molecule has 2 aromatic rings. The lowest BCUT2D eigenvalue weighted by Gasteiger charge is -2.38. The van der Waals surface area contributed by atoms with E-state index in [1.807, 2.05) is 36.4 Å². The number of benzene rings is 2. The lowest BCUT2D eigenvalue weighted by atomic mass is 9.91. The maximum absolute atomic E-state index is 11.5. The second kappa shape index (κ2) is 8.09. The van der Waals surface area contributed by atoms with Crippen molar-refractivity contribution < 1.29 is 9.90 Å². The van der Waals surface area contributed by atoms with Crippen LogP contribution in [0.15, 0.2) is 46.9 Å². The Labute approximate surface area is 165 Å². The molecule has 1 aliphatic heterocycles.